The topological polar surface area (TPSA) is 75.5 Å². The maximum atomic E-state index is 13.8. The van der Waals surface area contributed by atoms with Gasteiger partial charge in [0.1, 0.15) is 11.6 Å². The summed E-state index contributed by atoms with van der Waals surface area (Å²) in [6.07, 6.45) is 3.83. The number of rotatable bonds is 7. The average molecular weight is 549 g/mol. The molecule has 1 N–H and O–H groups in total. The Bertz CT molecular complexity index is 1330. The lowest BCUT2D eigenvalue weighted by Crippen LogP contribution is -2.53. The Hall–Kier alpha value is -3.51. The van der Waals surface area contributed by atoms with E-state index in [4.69, 9.17) is 16.9 Å². The van der Waals surface area contributed by atoms with E-state index in [-0.39, 0.29) is 19.7 Å². The van der Waals surface area contributed by atoms with Crippen LogP contribution in [0.15, 0.2) is 60.8 Å². The van der Waals surface area contributed by atoms with Gasteiger partial charge in [0.25, 0.3) is 5.91 Å². The zero-order chi connectivity index (χ0) is 27.2. The molecule has 3 heterocycles. The van der Waals surface area contributed by atoms with Crippen LogP contribution in [0.2, 0.25) is 5.02 Å². The number of likely N-dealkylation sites (tertiary alicyclic amines) is 1. The Morgan fingerprint density at radius 2 is 1.79 bits per heavy atom. The van der Waals surface area contributed by atoms with Gasteiger partial charge in [-0.2, -0.15) is 5.26 Å². The number of carbonyl (C=O) groups excluding carboxylic acids is 1. The second-order valence-electron chi connectivity index (χ2n) is 10.1. The summed E-state index contributed by atoms with van der Waals surface area (Å²) in [6.45, 7) is 6.71. The minimum Gasteiger partial charge on any atom is -0.353 e. The number of aromatic nitrogens is 1. The first kappa shape index (κ1) is 27.1. The molecule has 5 rings (SSSR count). The molecule has 39 heavy (non-hydrogen) atoms. The van der Waals surface area contributed by atoms with Crippen LogP contribution in [0.1, 0.15) is 41.3 Å². The van der Waals surface area contributed by atoms with Crippen LogP contribution in [0.25, 0.3) is 0 Å². The fourth-order valence-corrected chi connectivity index (χ4v) is 5.68. The van der Waals surface area contributed by atoms with Crippen LogP contribution < -0.4 is 10.2 Å². The maximum Gasteiger partial charge on any atom is 0.253 e. The van der Waals surface area contributed by atoms with Gasteiger partial charge in [-0.3, -0.25) is 14.6 Å². The van der Waals surface area contributed by atoms with Crippen LogP contribution in [0, 0.1) is 17.1 Å². The monoisotopic (exact) mass is 548 g/mol. The minimum atomic E-state index is -0.350. The minimum absolute atomic E-state index is 0. The number of hydrogen-bond donors (Lipinski definition) is 1. The number of hydrogen-bond acceptors (Lipinski definition) is 6. The molecular formula is C30H34ClFN6O. The first-order chi connectivity index (χ1) is 19.0. The summed E-state index contributed by atoms with van der Waals surface area (Å²) in [5.41, 5.74) is 2.73. The fourth-order valence-electron chi connectivity index (χ4n) is 5.39. The van der Waals surface area contributed by atoms with Crippen LogP contribution in [0.5, 0.6) is 0 Å². The van der Waals surface area contributed by atoms with Crippen LogP contribution >= 0.6 is 11.6 Å². The fraction of sp³-hybridized carbons (Fsp3) is 0.367. The van der Waals surface area contributed by atoms with Gasteiger partial charge in [0.05, 0.1) is 22.2 Å². The highest BCUT2D eigenvalue weighted by atomic mass is 35.5. The van der Waals surface area contributed by atoms with Crippen molar-refractivity contribution in [2.45, 2.75) is 32.0 Å². The molecule has 1 aromatic heterocycles. The molecule has 2 aromatic carbocycles. The third-order valence-electron chi connectivity index (χ3n) is 7.66. The molecular weight excluding hydrogens is 515 g/mol. The van der Waals surface area contributed by atoms with E-state index < -0.39 is 0 Å². The van der Waals surface area contributed by atoms with E-state index >= 15 is 0 Å². The molecule has 2 saturated heterocycles. The molecule has 0 saturated carbocycles. The van der Waals surface area contributed by atoms with Crippen LogP contribution in [-0.2, 0) is 13.1 Å². The molecule has 2 aliphatic heterocycles. The molecule has 3 aromatic rings. The molecule has 0 bridgehead atoms. The van der Waals surface area contributed by atoms with E-state index in [1.165, 1.54) is 17.8 Å². The van der Waals surface area contributed by atoms with Gasteiger partial charge in [0.2, 0.25) is 0 Å². The van der Waals surface area contributed by atoms with Crippen molar-refractivity contribution in [3.05, 3.63) is 93.9 Å². The van der Waals surface area contributed by atoms with Gasteiger partial charge in [-0.1, -0.05) is 41.9 Å². The lowest BCUT2D eigenvalue weighted by atomic mass is 10.0. The van der Waals surface area contributed by atoms with Crippen molar-refractivity contribution in [3.8, 4) is 6.07 Å². The number of benzene rings is 2. The maximum absolute atomic E-state index is 13.8. The predicted octanol–water partition coefficient (Wildman–Crippen LogP) is 4.71. The van der Waals surface area contributed by atoms with Gasteiger partial charge in [-0.25, -0.2) is 9.37 Å². The Morgan fingerprint density at radius 1 is 1.08 bits per heavy atom. The Labute approximate surface area is 235 Å². The Kier molecular flexibility index (Phi) is 8.72. The highest BCUT2D eigenvalue weighted by Crippen LogP contribution is 2.27. The van der Waals surface area contributed by atoms with E-state index in [0.29, 0.717) is 33.6 Å². The van der Waals surface area contributed by atoms with Crippen molar-refractivity contribution < 1.29 is 10.6 Å². The van der Waals surface area contributed by atoms with Crippen molar-refractivity contribution in [3.63, 3.8) is 0 Å². The van der Waals surface area contributed by atoms with Gasteiger partial charge < -0.3 is 10.2 Å². The smallest absolute Gasteiger partial charge is 0.253 e. The molecule has 0 atom stereocenters. The number of nitrogens with zero attached hydrogens (tertiary/aromatic N) is 5. The van der Waals surface area contributed by atoms with Gasteiger partial charge in [0.15, 0.2) is 0 Å². The molecule has 9 heteroatoms. The Morgan fingerprint density at radius 3 is 2.46 bits per heavy atom. The van der Waals surface area contributed by atoms with Gasteiger partial charge in [-0.05, 0) is 55.8 Å². The molecule has 2 fully saturated rings. The quantitative estimate of drug-likeness (QED) is 0.461. The van der Waals surface area contributed by atoms with Crippen molar-refractivity contribution in [1.82, 2.24) is 20.1 Å². The summed E-state index contributed by atoms with van der Waals surface area (Å²) in [7, 11) is 0. The van der Waals surface area contributed by atoms with Gasteiger partial charge in [-0.15, -0.1) is 0 Å². The number of carbonyl (C=O) groups is 1. The van der Waals surface area contributed by atoms with Crippen molar-refractivity contribution >= 4 is 23.3 Å². The predicted molar refractivity (Wildman–Crippen MR) is 152 cm³/mol. The van der Waals surface area contributed by atoms with E-state index in [2.05, 4.69) is 31.1 Å². The Balaban J connectivity index is 0.00000370. The number of anilines is 1. The number of pyridine rings is 1. The zero-order valence-electron chi connectivity index (χ0n) is 21.8. The van der Waals surface area contributed by atoms with E-state index in [1.54, 1.807) is 24.3 Å². The van der Waals surface area contributed by atoms with Crippen LogP contribution in [0.4, 0.5) is 10.2 Å². The molecule has 0 aliphatic carbocycles. The van der Waals surface area contributed by atoms with Gasteiger partial charge >= 0.3 is 0 Å². The van der Waals surface area contributed by atoms with Crippen molar-refractivity contribution in [1.29, 1.82) is 5.26 Å². The zero-order valence-corrected chi connectivity index (χ0v) is 22.6. The average Bonchev–Trinajstić information content (AvgIpc) is 2.97. The van der Waals surface area contributed by atoms with Crippen molar-refractivity contribution in [2.75, 3.05) is 44.2 Å². The summed E-state index contributed by atoms with van der Waals surface area (Å²) in [4.78, 5) is 24.3. The number of piperidine rings is 1. The van der Waals surface area contributed by atoms with E-state index in [0.717, 1.165) is 58.7 Å². The molecule has 0 radical (unpaired) electrons. The lowest BCUT2D eigenvalue weighted by Gasteiger charge is -2.43. The summed E-state index contributed by atoms with van der Waals surface area (Å²) in [5.74, 6) is 0.00542. The number of nitriles is 1. The molecule has 0 unspecified atom stereocenters. The second kappa shape index (κ2) is 12.6. The largest absolute Gasteiger partial charge is 0.353 e. The summed E-state index contributed by atoms with van der Waals surface area (Å²) >= 11 is 6.55. The third kappa shape index (κ3) is 6.74. The number of halogens is 2. The second-order valence-corrected chi connectivity index (χ2v) is 10.5. The number of piperazine rings is 1. The van der Waals surface area contributed by atoms with E-state index in [1.807, 2.05) is 24.3 Å². The number of nitrogens with one attached hydrogen (secondary N) is 1. The summed E-state index contributed by atoms with van der Waals surface area (Å²) < 4.78 is 13.8. The highest BCUT2D eigenvalue weighted by Gasteiger charge is 2.28. The standard InChI is InChI=1S/C30H32ClFN6O.H2/c31-27-17-25(30(39)35-19-24-3-1-2-4-28(24)32)20-34-29(27)38-15-13-37(14-16-38)26-9-11-36(12-10-26)21-23-7-5-22(18-33)6-8-23;/h1-8,17,20,26H,9-16,19,21H2,(H,35,39);1H. The van der Waals surface area contributed by atoms with E-state index in [9.17, 15) is 9.18 Å². The lowest BCUT2D eigenvalue weighted by molar-refractivity contribution is 0.0950. The van der Waals surface area contributed by atoms with Gasteiger partial charge in [0, 0.05) is 58.5 Å². The molecule has 7 nitrogen and oxygen atoms in total. The SMILES string of the molecule is N#Cc1ccc(CN2CCC(N3CCN(c4ncc(C(=O)NCc5ccccc5F)cc4Cl)CC3)CC2)cc1.[HH]. The third-order valence-corrected chi connectivity index (χ3v) is 7.94. The highest BCUT2D eigenvalue weighted by molar-refractivity contribution is 6.33. The van der Waals surface area contributed by atoms with Crippen LogP contribution in [-0.4, -0.2) is 66.0 Å². The molecule has 1 amide bonds. The molecule has 204 valence electrons. The first-order valence-electron chi connectivity index (χ1n) is 13.4. The summed E-state index contributed by atoms with van der Waals surface area (Å²) in [5, 5.41) is 12.2. The normalized spacial score (nSPS) is 17.1. The molecule has 2 aliphatic rings. The first-order valence-corrected chi connectivity index (χ1v) is 13.8. The molecule has 0 spiro atoms. The number of amides is 1. The summed E-state index contributed by atoms with van der Waals surface area (Å²) in [6, 6.07) is 18.6. The van der Waals surface area contributed by atoms with Crippen molar-refractivity contribution in [2.24, 2.45) is 0 Å². The van der Waals surface area contributed by atoms with Crippen LogP contribution in [0.3, 0.4) is 0 Å².